The number of nitrogens with zero attached hydrogens (tertiary/aromatic N) is 2. The summed E-state index contributed by atoms with van der Waals surface area (Å²) >= 11 is 0. The largest absolute Gasteiger partial charge is 0.351 e. The molecule has 0 unspecified atom stereocenters. The van der Waals surface area contributed by atoms with E-state index in [1.807, 2.05) is 66.7 Å². The summed E-state index contributed by atoms with van der Waals surface area (Å²) in [7, 11) is 0. The molecule has 0 fully saturated rings. The zero-order valence-electron chi connectivity index (χ0n) is 13.6. The Morgan fingerprint density at radius 1 is 1.08 bits per heavy atom. The zero-order valence-corrected chi connectivity index (χ0v) is 13.6. The minimum absolute atomic E-state index is 0.0517. The van der Waals surface area contributed by atoms with Crippen LogP contribution in [0, 0.1) is 11.3 Å². The fraction of sp³-hybridized carbons (Fsp3) is 0.0952. The lowest BCUT2D eigenvalue weighted by molar-refractivity contribution is -0.117. The number of pyridine rings is 1. The standard InChI is InChI=1S/C21H17N3O/c22-14-19(21(25)23-11-10-16-6-2-1-3-7-16)13-20-12-17-8-4-5-9-18(17)15-24-20/h1-9,12-13,15H,10-11H2,(H,23,25). The first kappa shape index (κ1) is 16.4. The average molecular weight is 327 g/mol. The Balaban J connectivity index is 1.68. The number of carbonyl (C=O) groups is 1. The third-order valence-corrected chi connectivity index (χ3v) is 3.85. The normalized spacial score (nSPS) is 11.1. The van der Waals surface area contributed by atoms with Crippen molar-refractivity contribution in [3.05, 3.63) is 83.7 Å². The maximum absolute atomic E-state index is 12.2. The fourth-order valence-corrected chi connectivity index (χ4v) is 2.54. The molecular weight excluding hydrogens is 310 g/mol. The van der Waals surface area contributed by atoms with E-state index in [1.165, 1.54) is 6.08 Å². The van der Waals surface area contributed by atoms with Crippen molar-refractivity contribution in [2.24, 2.45) is 0 Å². The summed E-state index contributed by atoms with van der Waals surface area (Å²) in [4.78, 5) is 16.5. The summed E-state index contributed by atoms with van der Waals surface area (Å²) < 4.78 is 0. The minimum Gasteiger partial charge on any atom is -0.351 e. The van der Waals surface area contributed by atoms with E-state index < -0.39 is 0 Å². The summed E-state index contributed by atoms with van der Waals surface area (Å²) in [6.45, 7) is 0.479. The van der Waals surface area contributed by atoms with Gasteiger partial charge in [0.1, 0.15) is 11.6 Å². The summed E-state index contributed by atoms with van der Waals surface area (Å²) in [6, 6.07) is 21.5. The Kier molecular flexibility index (Phi) is 5.18. The highest BCUT2D eigenvalue weighted by molar-refractivity contribution is 6.01. The molecule has 1 aromatic heterocycles. The van der Waals surface area contributed by atoms with E-state index in [9.17, 15) is 10.1 Å². The van der Waals surface area contributed by atoms with Gasteiger partial charge in [0.2, 0.25) is 0 Å². The van der Waals surface area contributed by atoms with Crippen molar-refractivity contribution in [1.29, 1.82) is 5.26 Å². The lowest BCUT2D eigenvalue weighted by Crippen LogP contribution is -2.26. The van der Waals surface area contributed by atoms with Gasteiger partial charge in [-0.25, -0.2) is 0 Å². The van der Waals surface area contributed by atoms with E-state index in [0.717, 1.165) is 22.8 Å². The smallest absolute Gasteiger partial charge is 0.262 e. The molecule has 0 saturated carbocycles. The molecule has 4 heteroatoms. The number of aromatic nitrogens is 1. The molecule has 4 nitrogen and oxygen atoms in total. The fourth-order valence-electron chi connectivity index (χ4n) is 2.54. The third-order valence-electron chi connectivity index (χ3n) is 3.85. The summed E-state index contributed by atoms with van der Waals surface area (Å²) in [6.07, 6.45) is 3.98. The Labute approximate surface area is 146 Å². The van der Waals surface area contributed by atoms with Crippen LogP contribution in [0.5, 0.6) is 0 Å². The maximum Gasteiger partial charge on any atom is 0.262 e. The summed E-state index contributed by atoms with van der Waals surface area (Å²) in [5.41, 5.74) is 1.78. The van der Waals surface area contributed by atoms with Crippen molar-refractivity contribution in [2.75, 3.05) is 6.54 Å². The number of nitrogens with one attached hydrogen (secondary N) is 1. The molecular formula is C21H17N3O. The number of rotatable bonds is 5. The minimum atomic E-state index is -0.381. The molecule has 0 aliphatic rings. The lowest BCUT2D eigenvalue weighted by atomic mass is 10.1. The summed E-state index contributed by atoms with van der Waals surface area (Å²) in [5.74, 6) is -0.381. The first-order chi connectivity index (χ1) is 12.3. The molecule has 0 atom stereocenters. The first-order valence-corrected chi connectivity index (χ1v) is 8.05. The molecule has 0 aliphatic heterocycles. The predicted octanol–water partition coefficient (Wildman–Crippen LogP) is 3.50. The van der Waals surface area contributed by atoms with Crippen LogP contribution in [0.4, 0.5) is 0 Å². The van der Waals surface area contributed by atoms with Crippen LogP contribution in [-0.4, -0.2) is 17.4 Å². The van der Waals surface area contributed by atoms with Crippen molar-refractivity contribution >= 4 is 22.8 Å². The lowest BCUT2D eigenvalue weighted by Gasteiger charge is -2.05. The third kappa shape index (κ3) is 4.30. The van der Waals surface area contributed by atoms with Gasteiger partial charge in [-0.3, -0.25) is 9.78 Å². The van der Waals surface area contributed by atoms with Crippen LogP contribution in [0.3, 0.4) is 0 Å². The molecule has 3 aromatic rings. The van der Waals surface area contributed by atoms with Gasteiger partial charge < -0.3 is 5.32 Å². The van der Waals surface area contributed by atoms with Gasteiger partial charge in [-0.2, -0.15) is 5.26 Å². The molecule has 1 amide bonds. The second-order valence-corrected chi connectivity index (χ2v) is 5.62. The number of nitriles is 1. The van der Waals surface area contributed by atoms with Crippen molar-refractivity contribution in [2.45, 2.75) is 6.42 Å². The van der Waals surface area contributed by atoms with Gasteiger partial charge in [0.25, 0.3) is 5.91 Å². The molecule has 122 valence electrons. The Morgan fingerprint density at radius 2 is 1.80 bits per heavy atom. The van der Waals surface area contributed by atoms with Crippen LogP contribution in [0.1, 0.15) is 11.3 Å². The van der Waals surface area contributed by atoms with E-state index in [4.69, 9.17) is 0 Å². The number of fused-ring (bicyclic) bond motifs is 1. The quantitative estimate of drug-likeness (QED) is 0.576. The first-order valence-electron chi connectivity index (χ1n) is 8.05. The van der Waals surface area contributed by atoms with E-state index in [0.29, 0.717) is 12.2 Å². The van der Waals surface area contributed by atoms with Crippen LogP contribution in [0.25, 0.3) is 16.8 Å². The highest BCUT2D eigenvalue weighted by atomic mass is 16.1. The molecule has 0 bridgehead atoms. The van der Waals surface area contributed by atoms with Crippen molar-refractivity contribution < 1.29 is 4.79 Å². The number of hydrogen-bond donors (Lipinski definition) is 1. The highest BCUT2D eigenvalue weighted by Gasteiger charge is 2.09. The van der Waals surface area contributed by atoms with Gasteiger partial charge in [-0.1, -0.05) is 54.6 Å². The monoisotopic (exact) mass is 327 g/mol. The Morgan fingerprint density at radius 3 is 2.56 bits per heavy atom. The van der Waals surface area contributed by atoms with Crippen molar-refractivity contribution in [3.8, 4) is 6.07 Å². The number of benzene rings is 2. The van der Waals surface area contributed by atoms with Crippen molar-refractivity contribution in [3.63, 3.8) is 0 Å². The maximum atomic E-state index is 12.2. The molecule has 1 N–H and O–H groups in total. The van der Waals surface area contributed by atoms with Gasteiger partial charge in [0.05, 0.1) is 5.69 Å². The van der Waals surface area contributed by atoms with Gasteiger partial charge in [0, 0.05) is 18.1 Å². The van der Waals surface area contributed by atoms with E-state index >= 15 is 0 Å². The van der Waals surface area contributed by atoms with Crippen LogP contribution in [0.2, 0.25) is 0 Å². The van der Waals surface area contributed by atoms with Crippen molar-refractivity contribution in [1.82, 2.24) is 10.3 Å². The second-order valence-electron chi connectivity index (χ2n) is 5.62. The molecule has 2 aromatic carbocycles. The SMILES string of the molecule is N#CC(=Cc1cc2ccccc2cn1)C(=O)NCCc1ccccc1. The molecule has 0 radical (unpaired) electrons. The van der Waals surface area contributed by atoms with Crippen LogP contribution in [0.15, 0.2) is 72.4 Å². The van der Waals surface area contributed by atoms with E-state index in [1.54, 1.807) is 6.20 Å². The van der Waals surface area contributed by atoms with Gasteiger partial charge in [0.15, 0.2) is 0 Å². The van der Waals surface area contributed by atoms with Crippen LogP contribution >= 0.6 is 0 Å². The molecule has 0 spiro atoms. The Bertz CT molecular complexity index is 956. The molecule has 25 heavy (non-hydrogen) atoms. The number of hydrogen-bond acceptors (Lipinski definition) is 3. The molecule has 0 aliphatic carbocycles. The van der Waals surface area contributed by atoms with E-state index in [2.05, 4.69) is 10.3 Å². The topological polar surface area (TPSA) is 65.8 Å². The van der Waals surface area contributed by atoms with Crippen LogP contribution < -0.4 is 5.32 Å². The molecule has 1 heterocycles. The predicted molar refractivity (Wildman–Crippen MR) is 98.5 cm³/mol. The zero-order chi connectivity index (χ0) is 17.5. The van der Waals surface area contributed by atoms with Crippen LogP contribution in [-0.2, 0) is 11.2 Å². The molecule has 0 saturated heterocycles. The highest BCUT2D eigenvalue weighted by Crippen LogP contribution is 2.15. The van der Waals surface area contributed by atoms with E-state index in [-0.39, 0.29) is 11.5 Å². The van der Waals surface area contributed by atoms with Gasteiger partial charge in [-0.05, 0) is 29.5 Å². The number of carbonyl (C=O) groups excluding carboxylic acids is 1. The second kappa shape index (κ2) is 7.89. The summed E-state index contributed by atoms with van der Waals surface area (Å²) in [5, 5.41) is 14.1. The number of amides is 1. The van der Waals surface area contributed by atoms with Gasteiger partial charge in [-0.15, -0.1) is 0 Å². The average Bonchev–Trinajstić information content (AvgIpc) is 2.66. The molecule has 3 rings (SSSR count). The van der Waals surface area contributed by atoms with Gasteiger partial charge >= 0.3 is 0 Å². The Hall–Kier alpha value is -3.45.